The summed E-state index contributed by atoms with van der Waals surface area (Å²) in [5.74, 6) is 2.31. The summed E-state index contributed by atoms with van der Waals surface area (Å²) in [5.41, 5.74) is 6.47. The van der Waals surface area contributed by atoms with Gasteiger partial charge in [-0.25, -0.2) is 0 Å². The molecule has 0 spiro atoms. The molecule has 1 heterocycles. The lowest BCUT2D eigenvalue weighted by Crippen LogP contribution is -2.59. The summed E-state index contributed by atoms with van der Waals surface area (Å²) in [6, 6.07) is 0. The molecule has 1 aliphatic heterocycles. The Hall–Kier alpha value is -0.120. The fraction of sp³-hybridized carbons (Fsp3) is 1.00. The summed E-state index contributed by atoms with van der Waals surface area (Å²) in [7, 11) is 1.81. The van der Waals surface area contributed by atoms with Crippen LogP contribution in [-0.4, -0.2) is 43.8 Å². The summed E-state index contributed by atoms with van der Waals surface area (Å²) in [5, 5.41) is 0. The van der Waals surface area contributed by atoms with E-state index in [1.807, 2.05) is 7.11 Å². The predicted octanol–water partition coefficient (Wildman–Crippen LogP) is 2.11. The van der Waals surface area contributed by atoms with Gasteiger partial charge in [-0.2, -0.15) is 0 Å². The van der Waals surface area contributed by atoms with Gasteiger partial charge in [-0.1, -0.05) is 13.8 Å². The third-order valence-electron chi connectivity index (χ3n) is 5.41. The topological polar surface area (TPSA) is 38.5 Å². The number of nitrogens with zero attached hydrogens (tertiary/aromatic N) is 1. The molecule has 0 amide bonds. The molecule has 2 aliphatic rings. The lowest BCUT2D eigenvalue weighted by atomic mass is 9.69. The Morgan fingerprint density at radius 2 is 2.11 bits per heavy atom. The Labute approximate surface area is 112 Å². The number of hydrogen-bond donors (Lipinski definition) is 1. The fourth-order valence-corrected chi connectivity index (χ4v) is 4.19. The molecule has 2 fully saturated rings. The molecule has 18 heavy (non-hydrogen) atoms. The van der Waals surface area contributed by atoms with Crippen molar-refractivity contribution >= 4 is 0 Å². The normalized spacial score (nSPS) is 42.3. The van der Waals surface area contributed by atoms with Gasteiger partial charge in [0.1, 0.15) is 0 Å². The number of nitrogens with two attached hydrogens (primary N) is 1. The highest BCUT2D eigenvalue weighted by molar-refractivity contribution is 5.01. The summed E-state index contributed by atoms with van der Waals surface area (Å²) in [6.07, 6.45) is 5.24. The Bertz CT molecular complexity index is 271. The van der Waals surface area contributed by atoms with Gasteiger partial charge in [0.05, 0.1) is 6.61 Å². The van der Waals surface area contributed by atoms with E-state index in [2.05, 4.69) is 18.7 Å². The quantitative estimate of drug-likeness (QED) is 0.835. The van der Waals surface area contributed by atoms with Crippen LogP contribution in [0.3, 0.4) is 0 Å². The van der Waals surface area contributed by atoms with Crippen LogP contribution in [0.1, 0.15) is 39.5 Å². The van der Waals surface area contributed by atoms with Gasteiger partial charge in [0, 0.05) is 25.7 Å². The SMILES string of the molecule is COCC1CCN(C2(CN)CCC(C)CC2C)C1. The minimum atomic E-state index is 0.273. The minimum absolute atomic E-state index is 0.273. The highest BCUT2D eigenvalue weighted by atomic mass is 16.5. The largest absolute Gasteiger partial charge is 0.384 e. The average Bonchev–Trinajstić information content (AvgIpc) is 2.79. The van der Waals surface area contributed by atoms with Gasteiger partial charge in [-0.05, 0) is 50.0 Å². The van der Waals surface area contributed by atoms with Crippen molar-refractivity contribution in [3.63, 3.8) is 0 Å². The van der Waals surface area contributed by atoms with E-state index in [1.165, 1.54) is 38.8 Å². The van der Waals surface area contributed by atoms with Gasteiger partial charge in [0.25, 0.3) is 0 Å². The van der Waals surface area contributed by atoms with Crippen LogP contribution >= 0.6 is 0 Å². The van der Waals surface area contributed by atoms with E-state index in [4.69, 9.17) is 10.5 Å². The van der Waals surface area contributed by atoms with Crippen LogP contribution in [0.25, 0.3) is 0 Å². The van der Waals surface area contributed by atoms with Crippen LogP contribution < -0.4 is 5.73 Å². The summed E-state index contributed by atoms with van der Waals surface area (Å²) in [4.78, 5) is 2.69. The van der Waals surface area contributed by atoms with E-state index in [-0.39, 0.29) is 5.54 Å². The van der Waals surface area contributed by atoms with Gasteiger partial charge >= 0.3 is 0 Å². The zero-order valence-corrected chi connectivity index (χ0v) is 12.3. The highest BCUT2D eigenvalue weighted by Gasteiger charge is 2.45. The lowest BCUT2D eigenvalue weighted by Gasteiger charge is -2.50. The first-order valence-corrected chi connectivity index (χ1v) is 7.56. The van der Waals surface area contributed by atoms with Crippen molar-refractivity contribution in [3.8, 4) is 0 Å². The lowest BCUT2D eigenvalue weighted by molar-refractivity contribution is 0.0111. The maximum atomic E-state index is 6.20. The fourth-order valence-electron chi connectivity index (χ4n) is 4.19. The Morgan fingerprint density at radius 1 is 1.33 bits per heavy atom. The first kappa shape index (κ1) is 14.3. The molecule has 0 bridgehead atoms. The van der Waals surface area contributed by atoms with Crippen molar-refractivity contribution in [1.29, 1.82) is 0 Å². The van der Waals surface area contributed by atoms with Crippen LogP contribution in [0.5, 0.6) is 0 Å². The third kappa shape index (κ3) is 2.59. The van der Waals surface area contributed by atoms with Crippen molar-refractivity contribution in [3.05, 3.63) is 0 Å². The Morgan fingerprint density at radius 3 is 2.72 bits per heavy atom. The number of ether oxygens (including phenoxy) is 1. The Kier molecular flexibility index (Phi) is 4.68. The highest BCUT2D eigenvalue weighted by Crippen LogP contribution is 2.42. The maximum absolute atomic E-state index is 6.20. The molecule has 106 valence electrons. The van der Waals surface area contributed by atoms with Crippen LogP contribution in [0.4, 0.5) is 0 Å². The van der Waals surface area contributed by atoms with Crippen molar-refractivity contribution in [2.75, 3.05) is 33.4 Å². The second-order valence-electron chi connectivity index (χ2n) is 6.64. The van der Waals surface area contributed by atoms with Crippen molar-refractivity contribution in [2.45, 2.75) is 45.1 Å². The second kappa shape index (κ2) is 5.89. The third-order valence-corrected chi connectivity index (χ3v) is 5.41. The van der Waals surface area contributed by atoms with Crippen LogP contribution in [0.15, 0.2) is 0 Å². The van der Waals surface area contributed by atoms with E-state index < -0.39 is 0 Å². The number of methoxy groups -OCH3 is 1. The van der Waals surface area contributed by atoms with E-state index in [9.17, 15) is 0 Å². The first-order chi connectivity index (χ1) is 8.62. The zero-order valence-electron chi connectivity index (χ0n) is 12.3. The van der Waals surface area contributed by atoms with Gasteiger partial charge in [-0.3, -0.25) is 4.90 Å². The summed E-state index contributed by atoms with van der Waals surface area (Å²) < 4.78 is 5.31. The summed E-state index contributed by atoms with van der Waals surface area (Å²) in [6.45, 7) is 8.91. The Balaban J connectivity index is 2.04. The minimum Gasteiger partial charge on any atom is -0.384 e. The zero-order chi connectivity index (χ0) is 13.2. The molecule has 3 heteroatoms. The molecule has 0 radical (unpaired) electrons. The first-order valence-electron chi connectivity index (χ1n) is 7.56. The molecule has 1 saturated carbocycles. The maximum Gasteiger partial charge on any atom is 0.0503 e. The predicted molar refractivity (Wildman–Crippen MR) is 75.5 cm³/mol. The van der Waals surface area contributed by atoms with Gasteiger partial charge < -0.3 is 10.5 Å². The van der Waals surface area contributed by atoms with E-state index in [0.717, 1.165) is 25.0 Å². The van der Waals surface area contributed by atoms with E-state index in [1.54, 1.807) is 0 Å². The van der Waals surface area contributed by atoms with E-state index in [0.29, 0.717) is 5.92 Å². The molecule has 1 aliphatic carbocycles. The molecule has 3 nitrogen and oxygen atoms in total. The number of likely N-dealkylation sites (tertiary alicyclic amines) is 1. The molecule has 2 rings (SSSR count). The van der Waals surface area contributed by atoms with Crippen LogP contribution in [0.2, 0.25) is 0 Å². The van der Waals surface area contributed by atoms with Gasteiger partial charge in [-0.15, -0.1) is 0 Å². The molecule has 0 aromatic carbocycles. The standard InChI is InChI=1S/C15H30N2O/c1-12-4-6-15(11-16,13(2)8-12)17-7-5-14(9-17)10-18-3/h12-14H,4-11,16H2,1-3H3. The number of rotatable bonds is 4. The van der Waals surface area contributed by atoms with Crippen molar-refractivity contribution < 1.29 is 4.74 Å². The average molecular weight is 254 g/mol. The van der Waals surface area contributed by atoms with E-state index >= 15 is 0 Å². The molecular formula is C15H30N2O. The molecule has 4 atom stereocenters. The molecule has 1 saturated heterocycles. The van der Waals surface area contributed by atoms with Crippen molar-refractivity contribution in [2.24, 2.45) is 23.5 Å². The van der Waals surface area contributed by atoms with Crippen LogP contribution in [-0.2, 0) is 4.74 Å². The smallest absolute Gasteiger partial charge is 0.0503 e. The van der Waals surface area contributed by atoms with Gasteiger partial charge in [0.15, 0.2) is 0 Å². The second-order valence-corrected chi connectivity index (χ2v) is 6.64. The molecule has 4 unspecified atom stereocenters. The molecule has 0 aromatic rings. The molecule has 2 N–H and O–H groups in total. The summed E-state index contributed by atoms with van der Waals surface area (Å²) >= 11 is 0. The monoisotopic (exact) mass is 254 g/mol. The number of hydrogen-bond acceptors (Lipinski definition) is 3. The molecule has 0 aromatic heterocycles. The van der Waals surface area contributed by atoms with Gasteiger partial charge in [0.2, 0.25) is 0 Å². The van der Waals surface area contributed by atoms with Crippen molar-refractivity contribution in [1.82, 2.24) is 4.90 Å². The van der Waals surface area contributed by atoms with Crippen LogP contribution in [0, 0.1) is 17.8 Å². The molecular weight excluding hydrogens is 224 g/mol.